The second-order valence-electron chi connectivity index (χ2n) is 9.15. The highest BCUT2D eigenvalue weighted by Crippen LogP contribution is 2.31. The third-order valence-corrected chi connectivity index (χ3v) is 6.93. The van der Waals surface area contributed by atoms with Gasteiger partial charge in [0.15, 0.2) is 0 Å². The fourth-order valence-electron chi connectivity index (χ4n) is 5.17. The average molecular weight is 454 g/mol. The highest BCUT2D eigenvalue weighted by molar-refractivity contribution is 6.08. The molecule has 6 rings (SSSR count). The zero-order valence-corrected chi connectivity index (χ0v) is 19.3. The van der Waals surface area contributed by atoms with Crippen LogP contribution in [-0.2, 0) is 12.8 Å². The van der Waals surface area contributed by atoms with Gasteiger partial charge in [0.05, 0.1) is 16.8 Å². The topological polar surface area (TPSA) is 80.0 Å². The maximum atomic E-state index is 13.9. The number of nitrogens with zero attached hydrogens (tertiary/aromatic N) is 7. The van der Waals surface area contributed by atoms with E-state index in [2.05, 4.69) is 45.5 Å². The lowest BCUT2D eigenvalue weighted by Gasteiger charge is -2.35. The minimum absolute atomic E-state index is 0.124. The van der Waals surface area contributed by atoms with Crippen molar-refractivity contribution in [2.45, 2.75) is 32.6 Å². The Labute approximate surface area is 198 Å². The van der Waals surface area contributed by atoms with Gasteiger partial charge in [-0.2, -0.15) is 4.68 Å². The molecule has 0 unspecified atom stereocenters. The third-order valence-electron chi connectivity index (χ3n) is 6.93. The van der Waals surface area contributed by atoms with E-state index in [1.165, 1.54) is 0 Å². The Morgan fingerprint density at radius 1 is 0.941 bits per heavy atom. The summed E-state index contributed by atoms with van der Waals surface area (Å²) < 4.78 is 1.76. The van der Waals surface area contributed by atoms with Crippen molar-refractivity contribution >= 4 is 22.8 Å². The van der Waals surface area contributed by atoms with E-state index in [4.69, 9.17) is 4.98 Å². The smallest absolute Gasteiger partial charge is 0.255 e. The monoisotopic (exact) mass is 453 g/mol. The molecule has 2 aromatic heterocycles. The van der Waals surface area contributed by atoms with Crippen molar-refractivity contribution in [1.82, 2.24) is 30.1 Å². The fourth-order valence-corrected chi connectivity index (χ4v) is 5.17. The van der Waals surface area contributed by atoms with Crippen molar-refractivity contribution in [1.29, 1.82) is 0 Å². The summed E-state index contributed by atoms with van der Waals surface area (Å²) in [7, 11) is 0. The Balaban J connectivity index is 1.28. The van der Waals surface area contributed by atoms with Crippen molar-refractivity contribution < 1.29 is 4.79 Å². The second kappa shape index (κ2) is 8.52. The van der Waals surface area contributed by atoms with E-state index >= 15 is 0 Å². The van der Waals surface area contributed by atoms with E-state index in [0.717, 1.165) is 64.7 Å². The number of fused-ring (bicyclic) bond motifs is 2. The molecular weight excluding hydrogens is 426 g/mol. The number of carbonyl (C=O) groups is 1. The number of amides is 1. The zero-order valence-electron chi connectivity index (χ0n) is 19.3. The number of rotatable bonds is 3. The van der Waals surface area contributed by atoms with Gasteiger partial charge in [-0.05, 0) is 72.9 Å². The lowest BCUT2D eigenvalue weighted by Crippen LogP contribution is -2.49. The molecule has 1 amide bonds. The first-order valence-corrected chi connectivity index (χ1v) is 12.0. The number of anilines is 1. The van der Waals surface area contributed by atoms with Crippen LogP contribution in [0.1, 0.15) is 40.0 Å². The number of benzene rings is 2. The first kappa shape index (κ1) is 20.8. The molecule has 8 heteroatoms. The van der Waals surface area contributed by atoms with Crippen molar-refractivity contribution in [2.75, 3.05) is 31.1 Å². The molecule has 8 nitrogen and oxygen atoms in total. The summed E-state index contributed by atoms with van der Waals surface area (Å²) >= 11 is 0. The van der Waals surface area contributed by atoms with Crippen LogP contribution >= 0.6 is 0 Å². The highest BCUT2D eigenvalue weighted by atomic mass is 16.2. The standard InChI is InChI=1S/C26H27N7O/c1-18-11-12-23-21(17-18)24(20-9-5-6-10-22(20)27-23)25(34)31-13-15-32(16-14-31)26-28-29-30-33(26)19-7-3-2-4-8-19/h2-4,7-8,11-12,17H,5-6,9-10,13-16H2,1H3. The van der Waals surface area contributed by atoms with E-state index in [0.29, 0.717) is 32.1 Å². The number of pyridine rings is 1. The van der Waals surface area contributed by atoms with Crippen LogP contribution in [0.2, 0.25) is 0 Å². The van der Waals surface area contributed by atoms with Crippen molar-refractivity contribution in [3.63, 3.8) is 0 Å². The van der Waals surface area contributed by atoms with Crippen LogP contribution in [0.4, 0.5) is 5.95 Å². The maximum absolute atomic E-state index is 13.9. The van der Waals surface area contributed by atoms with Gasteiger partial charge in [0, 0.05) is 37.3 Å². The Bertz CT molecular complexity index is 1360. The van der Waals surface area contributed by atoms with Gasteiger partial charge in [0.25, 0.3) is 5.91 Å². The van der Waals surface area contributed by atoms with Crippen LogP contribution in [0.25, 0.3) is 16.6 Å². The minimum atomic E-state index is 0.124. The molecule has 0 atom stereocenters. The van der Waals surface area contributed by atoms with Crippen LogP contribution in [0.3, 0.4) is 0 Å². The van der Waals surface area contributed by atoms with Gasteiger partial charge in [-0.1, -0.05) is 34.9 Å². The highest BCUT2D eigenvalue weighted by Gasteiger charge is 2.29. The molecule has 34 heavy (non-hydrogen) atoms. The Morgan fingerprint density at radius 3 is 2.56 bits per heavy atom. The van der Waals surface area contributed by atoms with E-state index in [1.807, 2.05) is 35.2 Å². The molecule has 3 heterocycles. The van der Waals surface area contributed by atoms with Gasteiger partial charge in [-0.15, -0.1) is 0 Å². The summed E-state index contributed by atoms with van der Waals surface area (Å²) in [6.45, 7) is 4.70. The Kier molecular flexibility index (Phi) is 5.20. The van der Waals surface area contributed by atoms with Crippen LogP contribution in [-0.4, -0.2) is 62.2 Å². The average Bonchev–Trinajstić information content (AvgIpc) is 3.38. The summed E-state index contributed by atoms with van der Waals surface area (Å²) in [4.78, 5) is 23.0. The summed E-state index contributed by atoms with van der Waals surface area (Å²) in [5.41, 5.74) is 6.13. The lowest BCUT2D eigenvalue weighted by atomic mass is 9.89. The predicted octanol–water partition coefficient (Wildman–Crippen LogP) is 3.36. The number of aryl methyl sites for hydroxylation is 2. The van der Waals surface area contributed by atoms with Crippen molar-refractivity contribution in [2.24, 2.45) is 0 Å². The number of piperazine rings is 1. The van der Waals surface area contributed by atoms with Gasteiger partial charge in [-0.25, -0.2) is 0 Å². The number of aromatic nitrogens is 5. The summed E-state index contributed by atoms with van der Waals surface area (Å²) in [6.07, 6.45) is 4.14. The van der Waals surface area contributed by atoms with Crippen molar-refractivity contribution in [3.8, 4) is 5.69 Å². The minimum Gasteiger partial charge on any atom is -0.336 e. The Hall–Kier alpha value is -3.81. The van der Waals surface area contributed by atoms with E-state index in [9.17, 15) is 4.79 Å². The fraction of sp³-hybridized carbons (Fsp3) is 0.346. The molecule has 1 aliphatic carbocycles. The molecule has 0 N–H and O–H groups in total. The molecule has 1 fully saturated rings. The molecule has 1 saturated heterocycles. The number of hydrogen-bond acceptors (Lipinski definition) is 6. The molecule has 0 spiro atoms. The SMILES string of the molecule is Cc1ccc2nc3c(c(C(=O)N4CCN(c5nnnn5-c5ccccc5)CC4)c2c1)CCCC3. The van der Waals surface area contributed by atoms with E-state index in [-0.39, 0.29) is 5.91 Å². The van der Waals surface area contributed by atoms with Gasteiger partial charge in [-0.3, -0.25) is 9.78 Å². The molecule has 172 valence electrons. The van der Waals surface area contributed by atoms with Crippen LogP contribution in [0, 0.1) is 6.92 Å². The van der Waals surface area contributed by atoms with Crippen LogP contribution in [0.15, 0.2) is 48.5 Å². The maximum Gasteiger partial charge on any atom is 0.255 e. The molecule has 2 aliphatic rings. The number of carbonyl (C=O) groups excluding carboxylic acids is 1. The summed E-state index contributed by atoms with van der Waals surface area (Å²) in [6, 6.07) is 16.1. The zero-order chi connectivity index (χ0) is 23.1. The van der Waals surface area contributed by atoms with Crippen LogP contribution in [0.5, 0.6) is 0 Å². The second-order valence-corrected chi connectivity index (χ2v) is 9.15. The van der Waals surface area contributed by atoms with E-state index < -0.39 is 0 Å². The quantitative estimate of drug-likeness (QED) is 0.473. The van der Waals surface area contributed by atoms with Crippen LogP contribution < -0.4 is 4.90 Å². The molecular formula is C26H27N7O. The molecule has 0 bridgehead atoms. The summed E-state index contributed by atoms with van der Waals surface area (Å²) in [5, 5.41) is 13.3. The largest absolute Gasteiger partial charge is 0.336 e. The Morgan fingerprint density at radius 2 is 1.74 bits per heavy atom. The number of tetrazole rings is 1. The molecule has 4 aromatic rings. The first-order valence-electron chi connectivity index (χ1n) is 12.0. The molecule has 0 saturated carbocycles. The van der Waals surface area contributed by atoms with E-state index in [1.54, 1.807) is 4.68 Å². The van der Waals surface area contributed by atoms with Crippen molar-refractivity contribution in [3.05, 3.63) is 70.9 Å². The number of para-hydroxylation sites is 1. The number of hydrogen-bond donors (Lipinski definition) is 0. The molecule has 2 aromatic carbocycles. The lowest BCUT2D eigenvalue weighted by molar-refractivity contribution is 0.0746. The summed E-state index contributed by atoms with van der Waals surface area (Å²) in [5.74, 6) is 0.833. The van der Waals surface area contributed by atoms with Gasteiger partial charge < -0.3 is 9.80 Å². The normalized spacial score (nSPS) is 16.0. The predicted molar refractivity (Wildman–Crippen MR) is 130 cm³/mol. The van der Waals surface area contributed by atoms with Gasteiger partial charge in [0.1, 0.15) is 0 Å². The first-order chi connectivity index (χ1) is 16.7. The molecule has 1 aliphatic heterocycles. The van der Waals surface area contributed by atoms with Gasteiger partial charge in [0.2, 0.25) is 5.95 Å². The van der Waals surface area contributed by atoms with Gasteiger partial charge >= 0.3 is 0 Å². The third kappa shape index (κ3) is 3.59. The molecule has 0 radical (unpaired) electrons.